The Morgan fingerprint density at radius 2 is 1.95 bits per heavy atom. The molecule has 15 heteroatoms. The van der Waals surface area contributed by atoms with Crippen LogP contribution in [0.4, 0.5) is 5.95 Å². The van der Waals surface area contributed by atoms with Gasteiger partial charge in [-0.1, -0.05) is 0 Å². The van der Waals surface area contributed by atoms with Crippen LogP contribution < -0.4 is 26.0 Å². The molecular weight excluding hydrogens is 344 g/mol. The maximum absolute atomic E-state index is 11.6. The number of nitrogen functional groups attached to an aromatic ring is 1. The number of hydrogen-bond donors (Lipinski definition) is 2. The van der Waals surface area contributed by atoms with Gasteiger partial charge in [-0.05, 0) is 0 Å². The van der Waals surface area contributed by atoms with E-state index in [1.165, 1.54) is 0 Å². The first kappa shape index (κ1) is 16.6. The molecule has 13 nitrogen and oxygen atoms in total. The molecule has 2 aromatic rings. The average molecular weight is 350 g/mol. The number of rotatable bonds is 5. The monoisotopic (exact) mass is 350 g/mol. The molecule has 22 heavy (non-hydrogen) atoms. The largest absolute Gasteiger partial charge is 0.790 e. The van der Waals surface area contributed by atoms with Gasteiger partial charge in [0.25, 0.3) is 13.4 Å². The Balaban J connectivity index is 2.21. The SMILES string of the molecule is Nc1nc2ncc(COP(=O)([O-])OP(=O)([O-])[O-])nc2c(=O)[nH]1. The molecular formula is C7H6N5O8P2-3. The van der Waals surface area contributed by atoms with E-state index < -0.39 is 27.8 Å². The van der Waals surface area contributed by atoms with Gasteiger partial charge in [-0.25, -0.2) is 9.97 Å². The Morgan fingerprint density at radius 1 is 1.27 bits per heavy atom. The lowest BCUT2D eigenvalue weighted by molar-refractivity contribution is -0.339. The number of phosphoric ester groups is 1. The van der Waals surface area contributed by atoms with E-state index in [0.717, 1.165) is 6.20 Å². The summed E-state index contributed by atoms with van der Waals surface area (Å²) in [7, 11) is -11.2. The second-order valence-electron chi connectivity index (χ2n) is 3.73. The summed E-state index contributed by atoms with van der Waals surface area (Å²) in [5.41, 5.74) is 4.09. The van der Waals surface area contributed by atoms with Crippen molar-refractivity contribution in [2.24, 2.45) is 0 Å². The number of nitrogens with zero attached hydrogens (tertiary/aromatic N) is 3. The molecule has 0 aromatic carbocycles. The number of aromatic nitrogens is 4. The lowest BCUT2D eigenvalue weighted by Gasteiger charge is -2.34. The summed E-state index contributed by atoms with van der Waals surface area (Å²) in [4.78, 5) is 56.3. The zero-order valence-electron chi connectivity index (χ0n) is 10.4. The zero-order valence-corrected chi connectivity index (χ0v) is 12.2. The molecule has 120 valence electrons. The topological polar surface area (TPSA) is 219 Å². The van der Waals surface area contributed by atoms with Crippen LogP contribution in [0.25, 0.3) is 11.2 Å². The lowest BCUT2D eigenvalue weighted by Crippen LogP contribution is -2.19. The zero-order chi connectivity index (χ0) is 16.5. The van der Waals surface area contributed by atoms with E-state index in [9.17, 15) is 28.6 Å². The molecule has 0 saturated heterocycles. The average Bonchev–Trinajstić information content (AvgIpc) is 2.33. The standard InChI is InChI=1S/C7H9N5O8P2/c8-7-11-5-4(6(13)12-7)10-3(1-9-5)2-19-22(17,18)20-21(14,15)16/h1H,2H2,(H,17,18)(H2,14,15,16)(H3,8,9,11,12,13)/p-3. The van der Waals surface area contributed by atoms with Gasteiger partial charge in [0, 0.05) is 0 Å². The number of anilines is 1. The predicted molar refractivity (Wildman–Crippen MR) is 63.5 cm³/mol. The van der Waals surface area contributed by atoms with E-state index in [1.54, 1.807) is 0 Å². The third-order valence-electron chi connectivity index (χ3n) is 2.06. The minimum absolute atomic E-state index is 0.0878. The third-order valence-corrected chi connectivity index (χ3v) is 4.10. The van der Waals surface area contributed by atoms with Gasteiger partial charge >= 0.3 is 0 Å². The van der Waals surface area contributed by atoms with Gasteiger partial charge < -0.3 is 29.5 Å². The molecule has 0 saturated carbocycles. The van der Waals surface area contributed by atoms with Crippen molar-refractivity contribution in [2.45, 2.75) is 6.61 Å². The molecule has 0 bridgehead atoms. The molecule has 1 unspecified atom stereocenters. The van der Waals surface area contributed by atoms with E-state index in [-0.39, 0.29) is 22.8 Å². The van der Waals surface area contributed by atoms with E-state index >= 15 is 0 Å². The number of aromatic amines is 1. The number of hydrogen-bond acceptors (Lipinski definition) is 12. The highest BCUT2D eigenvalue weighted by Crippen LogP contribution is 2.50. The quantitative estimate of drug-likeness (QED) is 0.519. The summed E-state index contributed by atoms with van der Waals surface area (Å²) in [5.74, 6) is -0.185. The lowest BCUT2D eigenvalue weighted by atomic mass is 10.4. The number of fused-ring (bicyclic) bond motifs is 1. The van der Waals surface area contributed by atoms with Gasteiger partial charge in [-0.15, -0.1) is 0 Å². The fraction of sp³-hybridized carbons (Fsp3) is 0.143. The summed E-state index contributed by atoms with van der Waals surface area (Å²) in [6.45, 7) is -0.812. The van der Waals surface area contributed by atoms with Crippen molar-refractivity contribution in [3.8, 4) is 0 Å². The van der Waals surface area contributed by atoms with Gasteiger partial charge in [0.05, 0.1) is 26.3 Å². The molecule has 0 aliphatic heterocycles. The summed E-state index contributed by atoms with van der Waals surface area (Å²) in [5, 5.41) is 0. The highest BCUT2D eigenvalue weighted by molar-refractivity contribution is 7.58. The van der Waals surface area contributed by atoms with Gasteiger partial charge in [-0.3, -0.25) is 18.7 Å². The van der Waals surface area contributed by atoms with Crippen LogP contribution in [-0.2, 0) is 24.6 Å². The van der Waals surface area contributed by atoms with Crippen LogP contribution in [0.15, 0.2) is 11.0 Å². The van der Waals surface area contributed by atoms with Crippen molar-refractivity contribution in [3.05, 3.63) is 22.2 Å². The number of nitrogens with one attached hydrogen (secondary N) is 1. The minimum atomic E-state index is -5.78. The van der Waals surface area contributed by atoms with E-state index in [4.69, 9.17) is 5.73 Å². The summed E-state index contributed by atoms with van der Waals surface area (Å²) >= 11 is 0. The van der Waals surface area contributed by atoms with Gasteiger partial charge in [0.1, 0.15) is 0 Å². The van der Waals surface area contributed by atoms with Crippen LogP contribution in [0.5, 0.6) is 0 Å². The normalized spacial score (nSPS) is 14.9. The summed E-state index contributed by atoms with van der Waals surface area (Å²) in [6, 6.07) is 0. The first-order chi connectivity index (χ1) is 10.1. The second-order valence-corrected chi connectivity index (χ2v) is 6.43. The fourth-order valence-electron chi connectivity index (χ4n) is 1.33. The van der Waals surface area contributed by atoms with Crippen LogP contribution in [0, 0.1) is 0 Å². The first-order valence-corrected chi connectivity index (χ1v) is 8.18. The van der Waals surface area contributed by atoms with Crippen LogP contribution in [0.3, 0.4) is 0 Å². The molecule has 0 amide bonds. The molecule has 2 heterocycles. The van der Waals surface area contributed by atoms with Gasteiger partial charge in [0.2, 0.25) is 5.95 Å². The maximum atomic E-state index is 11.6. The highest BCUT2D eigenvalue weighted by atomic mass is 31.3. The molecule has 2 aromatic heterocycles. The third kappa shape index (κ3) is 4.39. The van der Waals surface area contributed by atoms with E-state index in [2.05, 4.69) is 28.8 Å². The maximum Gasteiger partial charge on any atom is 0.280 e. The molecule has 3 N–H and O–H groups in total. The van der Waals surface area contributed by atoms with Crippen LogP contribution in [-0.4, -0.2) is 19.9 Å². The first-order valence-electron chi connectivity index (χ1n) is 5.26. The Kier molecular flexibility index (Phi) is 4.40. The Morgan fingerprint density at radius 3 is 2.59 bits per heavy atom. The molecule has 0 spiro atoms. The molecule has 0 aliphatic carbocycles. The van der Waals surface area contributed by atoms with Crippen molar-refractivity contribution in [1.82, 2.24) is 19.9 Å². The van der Waals surface area contributed by atoms with Crippen molar-refractivity contribution in [3.63, 3.8) is 0 Å². The van der Waals surface area contributed by atoms with Crippen LogP contribution in [0.2, 0.25) is 0 Å². The molecule has 0 fully saturated rings. The summed E-state index contributed by atoms with van der Waals surface area (Å²) < 4.78 is 28.7. The Bertz CT molecular complexity index is 862. The van der Waals surface area contributed by atoms with Crippen LogP contribution >= 0.6 is 15.6 Å². The van der Waals surface area contributed by atoms with E-state index in [0.29, 0.717) is 0 Å². The Hall–Kier alpha value is -1.72. The van der Waals surface area contributed by atoms with Crippen molar-refractivity contribution >= 4 is 32.8 Å². The fourth-order valence-corrected chi connectivity index (χ4v) is 2.79. The van der Waals surface area contributed by atoms with Crippen molar-refractivity contribution in [2.75, 3.05) is 5.73 Å². The molecule has 1 atom stereocenters. The van der Waals surface area contributed by atoms with Crippen molar-refractivity contribution in [1.29, 1.82) is 0 Å². The van der Waals surface area contributed by atoms with E-state index in [1.807, 2.05) is 0 Å². The molecule has 2 rings (SSSR count). The van der Waals surface area contributed by atoms with Crippen LogP contribution in [0.1, 0.15) is 5.69 Å². The smallest absolute Gasteiger partial charge is 0.280 e. The number of nitrogens with two attached hydrogens (primary N) is 1. The van der Waals surface area contributed by atoms with Gasteiger partial charge in [-0.2, -0.15) is 4.98 Å². The summed E-state index contributed by atoms with van der Waals surface area (Å²) in [6.07, 6.45) is 1.02. The second kappa shape index (κ2) is 5.82. The number of phosphoric acid groups is 2. The predicted octanol–water partition coefficient (Wildman–Crippen LogP) is -2.87. The molecule has 0 aliphatic rings. The number of H-pyrrole nitrogens is 1. The van der Waals surface area contributed by atoms with Crippen molar-refractivity contribution < 1.29 is 32.6 Å². The Labute approximate surface area is 121 Å². The minimum Gasteiger partial charge on any atom is -0.790 e. The molecule has 0 radical (unpaired) electrons. The van der Waals surface area contributed by atoms with Gasteiger partial charge in [0.15, 0.2) is 11.2 Å². The highest BCUT2D eigenvalue weighted by Gasteiger charge is 2.14.